The number of nitro benzene ring substituents is 1. The van der Waals surface area contributed by atoms with Gasteiger partial charge in [-0.05, 0) is 43.3 Å². The second kappa shape index (κ2) is 13.4. The van der Waals surface area contributed by atoms with Crippen LogP contribution < -0.4 is 14.4 Å². The van der Waals surface area contributed by atoms with E-state index in [1.165, 1.54) is 38.5 Å². The van der Waals surface area contributed by atoms with Gasteiger partial charge in [0.25, 0.3) is 5.69 Å². The highest BCUT2D eigenvalue weighted by molar-refractivity contribution is 5.86. The second-order valence-electron chi connectivity index (χ2n) is 8.22. The number of ether oxygens (including phenoxy) is 3. The number of esters is 1. The van der Waals surface area contributed by atoms with Gasteiger partial charge in [0, 0.05) is 42.6 Å². The Bertz CT molecular complexity index is 1390. The first kappa shape index (κ1) is 28.4. The Labute approximate surface area is 225 Å². The zero-order chi connectivity index (χ0) is 28.4. The minimum Gasteiger partial charge on any atom is -0.494 e. The molecule has 0 aliphatic rings. The Morgan fingerprint density at radius 3 is 1.82 bits per heavy atom. The second-order valence-corrected chi connectivity index (χ2v) is 8.22. The molecule has 3 rings (SSSR count). The highest BCUT2D eigenvalue weighted by Gasteiger charge is 2.12. The largest absolute Gasteiger partial charge is 0.494 e. The van der Waals surface area contributed by atoms with E-state index in [1.807, 2.05) is 36.2 Å². The summed E-state index contributed by atoms with van der Waals surface area (Å²) in [5, 5.41) is 27.7. The standard InChI is InChI=1S/C27H28N6O6/c1-18(2)27(34)39-15-14-32(3)21-10-6-19(7-11-21)28-30-23-16-26(38-5)24(17-25(23)37-4)31-29-20-8-12-22(13-9-20)33(35)36/h6-13,16-17H,1,14-15H2,2-5H3. The summed E-state index contributed by atoms with van der Waals surface area (Å²) in [5.41, 5.74) is 3.10. The van der Waals surface area contributed by atoms with E-state index in [0.29, 0.717) is 46.4 Å². The average molecular weight is 533 g/mol. The molecule has 0 fully saturated rings. The van der Waals surface area contributed by atoms with E-state index in [-0.39, 0.29) is 12.3 Å². The van der Waals surface area contributed by atoms with E-state index in [0.717, 1.165) is 5.69 Å². The molecule has 12 nitrogen and oxygen atoms in total. The Morgan fingerprint density at radius 2 is 1.38 bits per heavy atom. The maximum absolute atomic E-state index is 11.5. The molecule has 0 spiro atoms. The lowest BCUT2D eigenvalue weighted by Gasteiger charge is -2.19. The van der Waals surface area contributed by atoms with Crippen molar-refractivity contribution in [2.75, 3.05) is 39.3 Å². The van der Waals surface area contributed by atoms with Gasteiger partial charge in [-0.1, -0.05) is 6.58 Å². The molecule has 0 amide bonds. The summed E-state index contributed by atoms with van der Waals surface area (Å²) in [7, 11) is 4.88. The zero-order valence-corrected chi connectivity index (χ0v) is 22.0. The summed E-state index contributed by atoms with van der Waals surface area (Å²) >= 11 is 0. The number of likely N-dealkylation sites (N-methyl/N-ethyl adjacent to an activating group) is 1. The molecule has 0 aliphatic carbocycles. The molecule has 0 heterocycles. The number of rotatable bonds is 12. The molecule has 0 unspecified atom stereocenters. The van der Waals surface area contributed by atoms with Crippen LogP contribution in [0.1, 0.15) is 6.92 Å². The number of hydrogen-bond acceptors (Lipinski definition) is 11. The van der Waals surface area contributed by atoms with Crippen molar-refractivity contribution in [1.29, 1.82) is 0 Å². The van der Waals surface area contributed by atoms with Gasteiger partial charge < -0.3 is 19.1 Å². The van der Waals surface area contributed by atoms with Crippen LogP contribution in [0.25, 0.3) is 0 Å². The van der Waals surface area contributed by atoms with Gasteiger partial charge in [-0.25, -0.2) is 4.79 Å². The van der Waals surface area contributed by atoms with Gasteiger partial charge in [0.1, 0.15) is 29.5 Å². The highest BCUT2D eigenvalue weighted by atomic mass is 16.6. The third-order valence-electron chi connectivity index (χ3n) is 5.39. The zero-order valence-electron chi connectivity index (χ0n) is 22.0. The van der Waals surface area contributed by atoms with Crippen LogP contribution in [0, 0.1) is 10.1 Å². The minimum absolute atomic E-state index is 0.0359. The molecular weight excluding hydrogens is 504 g/mol. The number of carbonyl (C=O) groups excluding carboxylic acids is 1. The Hall–Kier alpha value is -5.13. The lowest BCUT2D eigenvalue weighted by Crippen LogP contribution is -2.23. The first-order valence-electron chi connectivity index (χ1n) is 11.7. The Balaban J connectivity index is 1.71. The number of methoxy groups -OCH3 is 2. The molecule has 0 aromatic heterocycles. The SMILES string of the molecule is C=C(C)C(=O)OCCN(C)c1ccc(N=Nc2cc(OC)c(N=Nc3ccc([N+](=O)[O-])cc3)cc2OC)cc1. The van der Waals surface area contributed by atoms with Crippen LogP contribution in [-0.4, -0.2) is 45.3 Å². The number of nitro groups is 1. The fourth-order valence-electron chi connectivity index (χ4n) is 3.19. The molecule has 0 N–H and O–H groups in total. The number of benzene rings is 3. The molecule has 0 bridgehead atoms. The van der Waals surface area contributed by atoms with Crippen LogP contribution in [0.2, 0.25) is 0 Å². The lowest BCUT2D eigenvalue weighted by molar-refractivity contribution is -0.384. The van der Waals surface area contributed by atoms with Gasteiger partial charge >= 0.3 is 5.97 Å². The first-order chi connectivity index (χ1) is 18.7. The van der Waals surface area contributed by atoms with E-state index in [1.54, 1.807) is 19.1 Å². The molecule has 0 saturated heterocycles. The predicted molar refractivity (Wildman–Crippen MR) is 146 cm³/mol. The molecular formula is C27H28N6O6. The maximum Gasteiger partial charge on any atom is 0.333 e. The molecule has 0 aliphatic heterocycles. The van der Waals surface area contributed by atoms with E-state index >= 15 is 0 Å². The van der Waals surface area contributed by atoms with E-state index < -0.39 is 10.9 Å². The summed E-state index contributed by atoms with van der Waals surface area (Å²) < 4.78 is 16.0. The van der Waals surface area contributed by atoms with Gasteiger partial charge in [0.15, 0.2) is 0 Å². The summed E-state index contributed by atoms with van der Waals surface area (Å²) in [5.74, 6) is 0.379. The maximum atomic E-state index is 11.5. The number of hydrogen-bond donors (Lipinski definition) is 0. The molecule has 0 atom stereocenters. The third-order valence-corrected chi connectivity index (χ3v) is 5.39. The fraction of sp³-hybridized carbons (Fsp3) is 0.222. The van der Waals surface area contributed by atoms with Crippen LogP contribution in [0.5, 0.6) is 11.5 Å². The fourth-order valence-corrected chi connectivity index (χ4v) is 3.19. The number of anilines is 1. The third kappa shape index (κ3) is 7.92. The first-order valence-corrected chi connectivity index (χ1v) is 11.7. The number of carbonyl (C=O) groups is 1. The molecule has 3 aromatic rings. The normalized spacial score (nSPS) is 11.0. The minimum atomic E-state index is -0.484. The van der Waals surface area contributed by atoms with Crippen molar-refractivity contribution in [2.45, 2.75) is 6.92 Å². The van der Waals surface area contributed by atoms with Crippen molar-refractivity contribution < 1.29 is 23.9 Å². The van der Waals surface area contributed by atoms with E-state index in [4.69, 9.17) is 14.2 Å². The van der Waals surface area contributed by atoms with Crippen molar-refractivity contribution in [2.24, 2.45) is 20.5 Å². The quantitative estimate of drug-likeness (QED) is 0.0804. The van der Waals surface area contributed by atoms with Crippen molar-refractivity contribution >= 4 is 40.1 Å². The highest BCUT2D eigenvalue weighted by Crippen LogP contribution is 2.41. The summed E-state index contributed by atoms with van der Waals surface area (Å²) in [4.78, 5) is 23.8. The topological polar surface area (TPSA) is 141 Å². The number of non-ortho nitro benzene ring substituents is 1. The predicted octanol–water partition coefficient (Wildman–Crippen LogP) is 7.00. The van der Waals surface area contributed by atoms with Crippen LogP contribution in [0.3, 0.4) is 0 Å². The monoisotopic (exact) mass is 532 g/mol. The smallest absolute Gasteiger partial charge is 0.333 e. The van der Waals surface area contributed by atoms with Crippen molar-refractivity contribution in [3.8, 4) is 11.5 Å². The molecule has 39 heavy (non-hydrogen) atoms. The number of azo groups is 2. The number of nitrogens with zero attached hydrogens (tertiary/aromatic N) is 6. The lowest BCUT2D eigenvalue weighted by atomic mass is 10.2. The summed E-state index contributed by atoms with van der Waals surface area (Å²) in [6.45, 7) is 5.93. The molecule has 12 heteroatoms. The van der Waals surface area contributed by atoms with Crippen LogP contribution in [-0.2, 0) is 9.53 Å². The van der Waals surface area contributed by atoms with E-state index in [2.05, 4.69) is 27.0 Å². The molecule has 3 aromatic carbocycles. The summed E-state index contributed by atoms with van der Waals surface area (Å²) in [6.07, 6.45) is 0. The van der Waals surface area contributed by atoms with Gasteiger partial charge in [-0.15, -0.1) is 10.2 Å². The van der Waals surface area contributed by atoms with Crippen molar-refractivity contribution in [3.05, 3.63) is 82.9 Å². The average Bonchev–Trinajstić information content (AvgIpc) is 2.94. The van der Waals surface area contributed by atoms with Gasteiger partial charge in [0.05, 0.1) is 37.1 Å². The Kier molecular flexibility index (Phi) is 9.79. The van der Waals surface area contributed by atoms with Gasteiger partial charge in [-0.2, -0.15) is 10.2 Å². The summed E-state index contributed by atoms with van der Waals surface area (Å²) in [6, 6.07) is 16.3. The van der Waals surface area contributed by atoms with Gasteiger partial charge in [0.2, 0.25) is 0 Å². The van der Waals surface area contributed by atoms with Crippen LogP contribution in [0.15, 0.2) is 93.3 Å². The Morgan fingerprint density at radius 1 is 0.897 bits per heavy atom. The van der Waals surface area contributed by atoms with E-state index in [9.17, 15) is 14.9 Å². The molecule has 202 valence electrons. The van der Waals surface area contributed by atoms with Crippen LogP contribution >= 0.6 is 0 Å². The molecule has 0 saturated carbocycles. The van der Waals surface area contributed by atoms with Crippen LogP contribution in [0.4, 0.5) is 34.1 Å². The van der Waals surface area contributed by atoms with Gasteiger partial charge in [-0.3, -0.25) is 10.1 Å². The van der Waals surface area contributed by atoms with Crippen molar-refractivity contribution in [3.63, 3.8) is 0 Å². The van der Waals surface area contributed by atoms with Crippen molar-refractivity contribution in [1.82, 2.24) is 0 Å². The molecule has 0 radical (unpaired) electrons.